The van der Waals surface area contributed by atoms with E-state index >= 15 is 0 Å². The Morgan fingerprint density at radius 1 is 1.31 bits per heavy atom. The van der Waals surface area contributed by atoms with Crippen molar-refractivity contribution in [1.29, 1.82) is 0 Å². The van der Waals surface area contributed by atoms with Crippen LogP contribution < -0.4 is 16.2 Å². The van der Waals surface area contributed by atoms with Gasteiger partial charge in [-0.1, -0.05) is 6.07 Å². The minimum Gasteiger partial charge on any atom is -0.347 e. The fourth-order valence-electron chi connectivity index (χ4n) is 3.15. The molecule has 8 heteroatoms. The summed E-state index contributed by atoms with van der Waals surface area (Å²) < 4.78 is 1.34. The van der Waals surface area contributed by atoms with E-state index in [1.54, 1.807) is 24.4 Å². The van der Waals surface area contributed by atoms with Gasteiger partial charge in [-0.3, -0.25) is 18.8 Å². The number of pyridine rings is 1. The van der Waals surface area contributed by atoms with Gasteiger partial charge in [0.15, 0.2) is 0 Å². The van der Waals surface area contributed by atoms with Crippen molar-refractivity contribution in [2.24, 2.45) is 0 Å². The Morgan fingerprint density at radius 3 is 3.00 bits per heavy atom. The van der Waals surface area contributed by atoms with Crippen LogP contribution in [-0.2, 0) is 4.79 Å². The third kappa shape index (κ3) is 2.99. The van der Waals surface area contributed by atoms with Crippen molar-refractivity contribution in [2.45, 2.75) is 24.9 Å². The third-order valence-electron chi connectivity index (χ3n) is 4.48. The Kier molecular flexibility index (Phi) is 4.26. The summed E-state index contributed by atoms with van der Waals surface area (Å²) in [6.45, 7) is 0. The van der Waals surface area contributed by atoms with Crippen LogP contribution in [0.1, 0.15) is 34.8 Å². The van der Waals surface area contributed by atoms with E-state index in [0.717, 1.165) is 5.56 Å². The molecule has 0 unspecified atom stereocenters. The zero-order valence-corrected chi connectivity index (χ0v) is 14.5. The van der Waals surface area contributed by atoms with Crippen LogP contribution in [0.4, 0.5) is 0 Å². The highest BCUT2D eigenvalue weighted by Gasteiger charge is 2.32. The molecule has 4 heterocycles. The van der Waals surface area contributed by atoms with Crippen molar-refractivity contribution in [3.63, 3.8) is 0 Å². The number of amides is 2. The van der Waals surface area contributed by atoms with Crippen LogP contribution in [0.3, 0.4) is 0 Å². The molecule has 1 aliphatic rings. The van der Waals surface area contributed by atoms with E-state index in [2.05, 4.69) is 15.6 Å². The third-order valence-corrected chi connectivity index (χ3v) is 5.18. The van der Waals surface area contributed by atoms with E-state index in [-0.39, 0.29) is 23.6 Å². The van der Waals surface area contributed by atoms with Crippen LogP contribution in [0.25, 0.3) is 5.65 Å². The first-order valence-electron chi connectivity index (χ1n) is 8.22. The second-order valence-electron chi connectivity index (χ2n) is 6.13. The summed E-state index contributed by atoms with van der Waals surface area (Å²) in [6.07, 6.45) is 3.73. The quantitative estimate of drug-likeness (QED) is 0.733. The number of piperidine rings is 1. The van der Waals surface area contributed by atoms with Crippen LogP contribution >= 0.6 is 11.3 Å². The van der Waals surface area contributed by atoms with Gasteiger partial charge in [0.1, 0.15) is 11.2 Å². The lowest BCUT2D eigenvalue weighted by atomic mass is 9.93. The lowest BCUT2D eigenvalue weighted by molar-refractivity contribution is -0.123. The van der Waals surface area contributed by atoms with E-state index in [1.807, 2.05) is 16.8 Å². The Morgan fingerprint density at radius 2 is 2.19 bits per heavy atom. The smallest absolute Gasteiger partial charge is 0.270 e. The molecule has 1 aliphatic heterocycles. The van der Waals surface area contributed by atoms with Gasteiger partial charge in [-0.2, -0.15) is 11.3 Å². The summed E-state index contributed by atoms with van der Waals surface area (Å²) in [5.41, 5.74) is 0.992. The predicted octanol–water partition coefficient (Wildman–Crippen LogP) is 1.51. The minimum atomic E-state index is -0.484. The number of hydrogen-bond acceptors (Lipinski definition) is 5. The molecule has 0 aliphatic carbocycles. The highest BCUT2D eigenvalue weighted by molar-refractivity contribution is 7.08. The van der Waals surface area contributed by atoms with Crippen molar-refractivity contribution in [3.8, 4) is 0 Å². The molecule has 3 aromatic heterocycles. The van der Waals surface area contributed by atoms with E-state index in [0.29, 0.717) is 18.5 Å². The van der Waals surface area contributed by atoms with E-state index < -0.39 is 11.5 Å². The fraction of sp³-hybridized carbons (Fsp3) is 0.222. The average Bonchev–Trinajstić information content (AvgIpc) is 3.18. The molecule has 0 saturated carbocycles. The zero-order valence-electron chi connectivity index (χ0n) is 13.7. The monoisotopic (exact) mass is 368 g/mol. The fourth-order valence-corrected chi connectivity index (χ4v) is 3.85. The van der Waals surface area contributed by atoms with Gasteiger partial charge in [-0.15, -0.1) is 0 Å². The normalized spacial score (nSPS) is 19.9. The summed E-state index contributed by atoms with van der Waals surface area (Å²) in [5.74, 6) is -0.527. The first kappa shape index (κ1) is 16.5. The summed E-state index contributed by atoms with van der Waals surface area (Å²) in [6, 6.07) is 6.52. The lowest BCUT2D eigenvalue weighted by Gasteiger charge is -2.32. The van der Waals surface area contributed by atoms with Gasteiger partial charge in [0, 0.05) is 18.8 Å². The molecule has 0 spiro atoms. The number of carbonyl (C=O) groups excluding carboxylic acids is 2. The highest BCUT2D eigenvalue weighted by atomic mass is 32.1. The number of fused-ring (bicyclic) bond motifs is 1. The number of hydrogen-bond donors (Lipinski definition) is 2. The number of aromatic nitrogens is 2. The SMILES string of the molecule is O=C1CC[C@@H](NC(=O)c2cnc3ccccn3c2=O)[C@H](c2ccsc2)N1. The molecule has 2 amide bonds. The first-order chi connectivity index (χ1) is 12.6. The van der Waals surface area contributed by atoms with Crippen LogP contribution in [0, 0.1) is 0 Å². The summed E-state index contributed by atoms with van der Waals surface area (Å²) in [5, 5.41) is 9.69. The summed E-state index contributed by atoms with van der Waals surface area (Å²) in [4.78, 5) is 41.2. The topological polar surface area (TPSA) is 92.6 Å². The maximum atomic E-state index is 12.7. The largest absolute Gasteiger partial charge is 0.347 e. The Balaban J connectivity index is 1.62. The lowest BCUT2D eigenvalue weighted by Crippen LogP contribution is -2.50. The number of rotatable bonds is 3. The molecule has 4 rings (SSSR count). The summed E-state index contributed by atoms with van der Waals surface area (Å²) in [7, 11) is 0. The van der Waals surface area contributed by atoms with Crippen molar-refractivity contribution < 1.29 is 9.59 Å². The zero-order chi connectivity index (χ0) is 18.1. The van der Waals surface area contributed by atoms with Gasteiger partial charge in [0.25, 0.3) is 11.5 Å². The molecule has 2 N–H and O–H groups in total. The van der Waals surface area contributed by atoms with E-state index in [9.17, 15) is 14.4 Å². The van der Waals surface area contributed by atoms with Crippen molar-refractivity contribution in [1.82, 2.24) is 20.0 Å². The molecule has 0 aromatic carbocycles. The predicted molar refractivity (Wildman–Crippen MR) is 97.2 cm³/mol. The molecule has 2 atom stereocenters. The number of thiophene rings is 1. The number of nitrogens with one attached hydrogen (secondary N) is 2. The van der Waals surface area contributed by atoms with Crippen molar-refractivity contribution >= 4 is 28.8 Å². The second kappa shape index (κ2) is 6.72. The Bertz CT molecular complexity index is 1030. The molecular weight excluding hydrogens is 352 g/mol. The molecular formula is C18H16N4O3S. The minimum absolute atomic E-state index is 0.0188. The molecule has 7 nitrogen and oxygen atoms in total. The highest BCUT2D eigenvalue weighted by Crippen LogP contribution is 2.26. The van der Waals surface area contributed by atoms with E-state index in [4.69, 9.17) is 0 Å². The van der Waals surface area contributed by atoms with Gasteiger partial charge < -0.3 is 10.6 Å². The average molecular weight is 368 g/mol. The van der Waals surface area contributed by atoms with Gasteiger partial charge in [0.05, 0.1) is 12.1 Å². The molecule has 26 heavy (non-hydrogen) atoms. The number of nitrogens with zero attached hydrogens (tertiary/aromatic N) is 2. The summed E-state index contributed by atoms with van der Waals surface area (Å²) >= 11 is 1.53. The van der Waals surface area contributed by atoms with Crippen LogP contribution in [0.15, 0.2) is 52.2 Å². The maximum Gasteiger partial charge on any atom is 0.270 e. The molecule has 1 saturated heterocycles. The second-order valence-corrected chi connectivity index (χ2v) is 6.91. The molecule has 3 aromatic rings. The van der Waals surface area contributed by atoms with Crippen molar-refractivity contribution in [3.05, 3.63) is 68.9 Å². The van der Waals surface area contributed by atoms with Crippen LogP contribution in [0.5, 0.6) is 0 Å². The first-order valence-corrected chi connectivity index (χ1v) is 9.16. The molecule has 132 valence electrons. The van der Waals surface area contributed by atoms with Gasteiger partial charge >= 0.3 is 0 Å². The van der Waals surface area contributed by atoms with Gasteiger partial charge in [0.2, 0.25) is 5.91 Å². The Labute approximate surface area is 152 Å². The molecule has 0 bridgehead atoms. The standard InChI is InChI=1S/C18H16N4O3S/c23-15-5-4-13(16(21-15)11-6-8-26-10-11)20-17(24)12-9-19-14-3-1-2-7-22(14)18(12)25/h1-3,6-10,13,16H,4-5H2,(H,20,24)(H,21,23)/t13-,16+/m1/s1. The van der Waals surface area contributed by atoms with Gasteiger partial charge in [-0.25, -0.2) is 4.98 Å². The molecule has 0 radical (unpaired) electrons. The Hall–Kier alpha value is -3.00. The van der Waals surface area contributed by atoms with Crippen LogP contribution in [0.2, 0.25) is 0 Å². The van der Waals surface area contributed by atoms with Crippen LogP contribution in [-0.4, -0.2) is 27.2 Å². The number of carbonyl (C=O) groups is 2. The van der Waals surface area contributed by atoms with E-state index in [1.165, 1.54) is 21.9 Å². The van der Waals surface area contributed by atoms with Gasteiger partial charge in [-0.05, 0) is 40.9 Å². The van der Waals surface area contributed by atoms with Crippen molar-refractivity contribution in [2.75, 3.05) is 0 Å². The molecule has 1 fully saturated rings. The maximum absolute atomic E-state index is 12.7.